The van der Waals surface area contributed by atoms with E-state index >= 15 is 0 Å². The van der Waals surface area contributed by atoms with Crippen molar-refractivity contribution in [2.24, 2.45) is 5.73 Å². The Bertz CT molecular complexity index is 686. The number of hydrogen-bond donors (Lipinski definition) is 1. The average molecular weight is 655 g/mol. The topological polar surface area (TPSA) is 35.2 Å². The van der Waals surface area contributed by atoms with E-state index in [0.29, 0.717) is 16.6 Å². The highest BCUT2D eigenvalue weighted by atomic mass is 127. The van der Waals surface area contributed by atoms with Gasteiger partial charge in [-0.25, -0.2) is 0 Å². The van der Waals surface area contributed by atoms with E-state index in [1.54, 1.807) is 6.07 Å². The second-order valence-electron chi connectivity index (χ2n) is 4.16. The number of hydrogen-bond acceptors (Lipinski definition) is 2. The minimum atomic E-state index is 0.339. The van der Waals surface area contributed by atoms with Gasteiger partial charge >= 0.3 is 0 Å². The minimum absolute atomic E-state index is 0.339. The first-order chi connectivity index (χ1) is 9.88. The molecule has 0 unspecified atom stereocenters. The van der Waals surface area contributed by atoms with Gasteiger partial charge in [0.15, 0.2) is 0 Å². The smallest absolute Gasteiger partial charge is 0.146 e. The van der Waals surface area contributed by atoms with Crippen molar-refractivity contribution in [3.63, 3.8) is 0 Å². The molecule has 2 rings (SSSR count). The van der Waals surface area contributed by atoms with E-state index in [9.17, 15) is 0 Å². The third-order valence-electron chi connectivity index (χ3n) is 2.67. The second-order valence-corrected chi connectivity index (χ2v) is 8.57. The molecule has 0 aliphatic heterocycles. The van der Waals surface area contributed by atoms with E-state index < -0.39 is 0 Å². The Hall–Kier alpha value is 0.610. The van der Waals surface area contributed by atoms with E-state index in [0.717, 1.165) is 24.0 Å². The van der Waals surface area contributed by atoms with Gasteiger partial charge in [-0.1, -0.05) is 36.0 Å². The molecule has 21 heavy (non-hydrogen) atoms. The molecule has 2 nitrogen and oxygen atoms in total. The fraction of sp³-hybridized carbons (Fsp3) is 0.0714. The lowest BCUT2D eigenvalue weighted by Gasteiger charge is -2.12. The molecule has 0 aliphatic rings. The quantitative estimate of drug-likeness (QED) is 0.356. The number of rotatable bonds is 4. The third-order valence-corrected chi connectivity index (χ3v) is 5.49. The van der Waals surface area contributed by atoms with E-state index in [1.807, 2.05) is 12.1 Å². The van der Waals surface area contributed by atoms with Crippen LogP contribution in [0.15, 0.2) is 30.3 Å². The van der Waals surface area contributed by atoms with Crippen LogP contribution < -0.4 is 10.5 Å². The van der Waals surface area contributed by atoms with Crippen molar-refractivity contribution >= 4 is 96.6 Å². The van der Waals surface area contributed by atoms with Gasteiger partial charge in [-0.15, -0.1) is 0 Å². The summed E-state index contributed by atoms with van der Waals surface area (Å²) in [4.78, 5) is 0.339. The highest BCUT2D eigenvalue weighted by Gasteiger charge is 2.10. The van der Waals surface area contributed by atoms with Crippen molar-refractivity contribution in [1.82, 2.24) is 0 Å². The molecule has 0 bridgehead atoms. The van der Waals surface area contributed by atoms with Gasteiger partial charge in [0.2, 0.25) is 0 Å². The Morgan fingerprint density at radius 3 is 2.29 bits per heavy atom. The Labute approximate surface area is 174 Å². The summed E-state index contributed by atoms with van der Waals surface area (Å²) >= 11 is 18.0. The van der Waals surface area contributed by atoms with Gasteiger partial charge in [0.05, 0.1) is 7.14 Å². The van der Waals surface area contributed by atoms with Crippen LogP contribution in [0.25, 0.3) is 0 Å². The van der Waals surface area contributed by atoms with Crippen LogP contribution in [-0.2, 0) is 6.61 Å². The summed E-state index contributed by atoms with van der Waals surface area (Å²) in [7, 11) is 0. The molecule has 0 saturated carbocycles. The van der Waals surface area contributed by atoms with Crippen molar-refractivity contribution in [2.45, 2.75) is 6.61 Å². The molecule has 0 amide bonds. The Morgan fingerprint density at radius 1 is 1.14 bits per heavy atom. The molecule has 0 spiro atoms. The van der Waals surface area contributed by atoms with Crippen LogP contribution in [0.5, 0.6) is 5.75 Å². The monoisotopic (exact) mass is 655 g/mol. The summed E-state index contributed by atoms with van der Waals surface area (Å²) in [6.45, 7) is 0.406. The molecule has 0 heterocycles. The standard InChI is InChI=1S/C14H9ClI3NOS/c15-10-3-7(14(19)21)1-2-8(10)6-20-13-11(17)4-9(16)5-12(13)18/h1-5H,6H2,(H2,19,21). The molecule has 0 fully saturated rings. The van der Waals surface area contributed by atoms with Crippen molar-refractivity contribution in [3.05, 3.63) is 57.2 Å². The lowest BCUT2D eigenvalue weighted by atomic mass is 10.1. The van der Waals surface area contributed by atoms with E-state index in [-0.39, 0.29) is 0 Å². The number of ether oxygens (including phenoxy) is 1. The van der Waals surface area contributed by atoms with Crippen LogP contribution in [0.4, 0.5) is 0 Å². The van der Waals surface area contributed by atoms with Crippen LogP contribution in [0, 0.1) is 10.7 Å². The van der Waals surface area contributed by atoms with Gasteiger partial charge in [-0.3, -0.25) is 0 Å². The van der Waals surface area contributed by atoms with Crippen molar-refractivity contribution in [3.8, 4) is 5.75 Å². The van der Waals surface area contributed by atoms with Crippen LogP contribution in [0.2, 0.25) is 5.02 Å². The second kappa shape index (κ2) is 7.93. The maximum Gasteiger partial charge on any atom is 0.146 e. The summed E-state index contributed by atoms with van der Waals surface area (Å²) in [6.07, 6.45) is 0. The van der Waals surface area contributed by atoms with Gasteiger partial charge in [0.25, 0.3) is 0 Å². The Kier molecular flexibility index (Phi) is 6.78. The summed E-state index contributed by atoms with van der Waals surface area (Å²) in [5.74, 6) is 0.881. The van der Waals surface area contributed by atoms with Crippen molar-refractivity contribution < 1.29 is 4.74 Å². The predicted molar refractivity (Wildman–Crippen MR) is 116 cm³/mol. The highest BCUT2D eigenvalue weighted by Crippen LogP contribution is 2.31. The molecule has 0 radical (unpaired) electrons. The van der Waals surface area contributed by atoms with Crippen LogP contribution in [0.1, 0.15) is 11.1 Å². The van der Waals surface area contributed by atoms with Crippen LogP contribution >= 0.6 is 91.6 Å². The first-order valence-electron chi connectivity index (χ1n) is 5.74. The molecule has 110 valence electrons. The Morgan fingerprint density at radius 2 is 1.76 bits per heavy atom. The average Bonchev–Trinajstić information content (AvgIpc) is 2.38. The van der Waals surface area contributed by atoms with Gasteiger partial charge in [-0.05, 0) is 86.0 Å². The lowest BCUT2D eigenvalue weighted by molar-refractivity contribution is 0.302. The fourth-order valence-electron chi connectivity index (χ4n) is 1.63. The molecular weight excluding hydrogens is 646 g/mol. The lowest BCUT2D eigenvalue weighted by Crippen LogP contribution is -2.09. The number of thiocarbonyl (C=S) groups is 1. The molecule has 0 saturated heterocycles. The van der Waals surface area contributed by atoms with Crippen LogP contribution in [-0.4, -0.2) is 4.99 Å². The zero-order chi connectivity index (χ0) is 15.6. The normalized spacial score (nSPS) is 10.5. The molecular formula is C14H9ClI3NOS. The summed E-state index contributed by atoms with van der Waals surface area (Å²) in [5.41, 5.74) is 7.26. The number of nitrogens with two attached hydrogens (primary N) is 1. The zero-order valence-corrected chi connectivity index (χ0v) is 18.5. The van der Waals surface area contributed by atoms with Crippen molar-refractivity contribution in [1.29, 1.82) is 0 Å². The fourth-order valence-corrected chi connectivity index (χ4v) is 5.89. The van der Waals surface area contributed by atoms with Gasteiger partial charge in [-0.2, -0.15) is 0 Å². The molecule has 2 aromatic rings. The third kappa shape index (κ3) is 4.79. The first kappa shape index (κ1) is 18.0. The summed E-state index contributed by atoms with van der Waals surface area (Å²) in [5, 5.41) is 0.607. The number of benzene rings is 2. The zero-order valence-electron chi connectivity index (χ0n) is 10.5. The van der Waals surface area contributed by atoms with Gasteiger partial charge in [0, 0.05) is 19.7 Å². The molecule has 0 aliphatic carbocycles. The number of halogens is 4. The summed E-state index contributed by atoms with van der Waals surface area (Å²) in [6, 6.07) is 9.68. The molecule has 2 aromatic carbocycles. The van der Waals surface area contributed by atoms with Gasteiger partial charge < -0.3 is 10.5 Å². The minimum Gasteiger partial charge on any atom is -0.487 e. The largest absolute Gasteiger partial charge is 0.487 e. The Balaban J connectivity index is 2.19. The van der Waals surface area contributed by atoms with Crippen molar-refractivity contribution in [2.75, 3.05) is 0 Å². The van der Waals surface area contributed by atoms with Crippen LogP contribution in [0.3, 0.4) is 0 Å². The highest BCUT2D eigenvalue weighted by molar-refractivity contribution is 14.1. The summed E-state index contributed by atoms with van der Waals surface area (Å²) < 4.78 is 9.28. The maximum absolute atomic E-state index is 6.24. The molecule has 2 N–H and O–H groups in total. The SMILES string of the molecule is NC(=S)c1ccc(COc2c(I)cc(I)cc2I)c(Cl)c1. The predicted octanol–water partition coefficient (Wildman–Crippen LogP) is 5.37. The van der Waals surface area contributed by atoms with Gasteiger partial charge in [0.1, 0.15) is 17.3 Å². The van der Waals surface area contributed by atoms with E-state index in [1.165, 1.54) is 3.57 Å². The molecule has 0 aromatic heterocycles. The molecule has 7 heteroatoms. The first-order valence-corrected chi connectivity index (χ1v) is 9.76. The maximum atomic E-state index is 6.24. The molecule has 0 atom stereocenters. The van der Waals surface area contributed by atoms with E-state index in [4.69, 9.17) is 34.3 Å². The van der Waals surface area contributed by atoms with E-state index in [2.05, 4.69) is 79.9 Å².